The molecule has 2 aromatic rings. The zero-order valence-corrected chi connectivity index (χ0v) is 18.5. The number of amides is 3. The van der Waals surface area contributed by atoms with Gasteiger partial charge in [-0.1, -0.05) is 0 Å². The van der Waals surface area contributed by atoms with Crippen LogP contribution in [0.5, 0.6) is 11.5 Å². The zero-order chi connectivity index (χ0) is 26.1. The van der Waals surface area contributed by atoms with E-state index in [9.17, 15) is 14.4 Å². The molecule has 15 heteroatoms. The highest BCUT2D eigenvalue weighted by molar-refractivity contribution is 6.61. The summed E-state index contributed by atoms with van der Waals surface area (Å²) in [6.45, 7) is 0. The number of hydrogen-bond donors (Lipinski definition) is 5. The fraction of sp³-hybridized carbons (Fsp3) is 0.150. The first-order chi connectivity index (χ1) is 16.6. The number of ether oxygens (including phenoxy) is 2. The number of guanidine groups is 1. The van der Waals surface area contributed by atoms with E-state index >= 15 is 0 Å². The number of methoxy groups -OCH3 is 2. The van der Waals surface area contributed by atoms with Crippen molar-refractivity contribution in [2.75, 3.05) is 24.4 Å². The average molecular weight is 488 g/mol. The molecule has 1 aliphatic heterocycles. The third-order valence-corrected chi connectivity index (χ3v) is 4.39. The lowest BCUT2D eigenvalue weighted by Crippen LogP contribution is -2.34. The summed E-state index contributed by atoms with van der Waals surface area (Å²) in [4.78, 5) is 48.2. The maximum Gasteiger partial charge on any atom is 0.472 e. The lowest BCUT2D eigenvalue weighted by Gasteiger charge is -2.14. The van der Waals surface area contributed by atoms with Crippen molar-refractivity contribution in [1.29, 1.82) is 0 Å². The molecule has 3 rings (SSSR count). The fourth-order valence-corrected chi connectivity index (χ4v) is 2.90. The number of imide groups is 1. The van der Waals surface area contributed by atoms with Crippen LogP contribution in [0.2, 0.25) is 0 Å². The van der Waals surface area contributed by atoms with Gasteiger partial charge in [0.1, 0.15) is 16.4 Å². The van der Waals surface area contributed by atoms with Gasteiger partial charge in [-0.2, -0.15) is 0 Å². The van der Waals surface area contributed by atoms with Crippen LogP contribution in [0, 0.1) is 10.8 Å². The Bertz CT molecular complexity index is 1160. The van der Waals surface area contributed by atoms with Crippen molar-refractivity contribution in [1.82, 2.24) is 0 Å². The molecule has 0 saturated carbocycles. The van der Waals surface area contributed by atoms with E-state index in [-0.39, 0.29) is 5.69 Å². The van der Waals surface area contributed by atoms with Crippen molar-refractivity contribution in [3.05, 3.63) is 53.4 Å². The second kappa shape index (κ2) is 11.6. The van der Waals surface area contributed by atoms with Crippen molar-refractivity contribution in [3.63, 3.8) is 0 Å². The molecule has 7 N–H and O–H groups in total. The first kappa shape index (κ1) is 26.0. The number of rotatable bonds is 6. The molecular formula is C20H22N7O8+. The van der Waals surface area contributed by atoms with Gasteiger partial charge in [-0.15, -0.1) is 10.2 Å². The number of nitrogens with one attached hydrogen (secondary N) is 1. The van der Waals surface area contributed by atoms with E-state index in [1.807, 2.05) is 0 Å². The molecule has 15 nitrogen and oxygen atoms in total. The van der Waals surface area contributed by atoms with Gasteiger partial charge in [0.2, 0.25) is 11.9 Å². The molecule has 0 radical (unpaired) electrons. The molecule has 3 amide bonds. The van der Waals surface area contributed by atoms with Gasteiger partial charge in [-0.3, -0.25) is 14.4 Å². The van der Waals surface area contributed by atoms with E-state index < -0.39 is 40.4 Å². The normalized spacial score (nSPS) is 15.7. The molecule has 0 aromatic heterocycles. The predicted octanol–water partition coefficient (Wildman–Crippen LogP) is 0.00500. The summed E-state index contributed by atoms with van der Waals surface area (Å²) < 4.78 is 10.2. The van der Waals surface area contributed by atoms with E-state index in [1.165, 1.54) is 26.4 Å². The second-order valence-corrected chi connectivity index (χ2v) is 6.59. The molecule has 1 unspecified atom stereocenters. The van der Waals surface area contributed by atoms with Gasteiger partial charge in [-0.25, -0.2) is 15.3 Å². The third kappa shape index (κ3) is 6.64. The molecule has 0 aliphatic carbocycles. The molecule has 35 heavy (non-hydrogen) atoms. The van der Waals surface area contributed by atoms with Crippen LogP contribution in [-0.2, 0) is 14.4 Å². The molecule has 1 saturated heterocycles. The topological polar surface area (TPSA) is 222 Å². The van der Waals surface area contributed by atoms with E-state index in [0.29, 0.717) is 17.2 Å². The Morgan fingerprint density at radius 1 is 1.00 bits per heavy atom. The van der Waals surface area contributed by atoms with Gasteiger partial charge in [0.25, 0.3) is 11.8 Å². The van der Waals surface area contributed by atoms with Crippen LogP contribution in [0.4, 0.5) is 11.4 Å². The lowest BCUT2D eigenvalue weighted by atomic mass is 10.0. The Morgan fingerprint density at radius 3 is 1.94 bits per heavy atom. The quantitative estimate of drug-likeness (QED) is 0.120. The van der Waals surface area contributed by atoms with Gasteiger partial charge in [0.05, 0.1) is 19.9 Å². The lowest BCUT2D eigenvalue weighted by molar-refractivity contribution is -0.969. The predicted molar refractivity (Wildman–Crippen MR) is 121 cm³/mol. The number of nitrogens with two attached hydrogens (primary N) is 2. The summed E-state index contributed by atoms with van der Waals surface area (Å²) in [5.74, 6) is -3.20. The maximum absolute atomic E-state index is 13.1. The standard InChI is InChI=1S/C20H20N6O5.H2NO3/c1-30-13-7-3-11(4-8-13)23-17(27)15-16(24-25-20(21)22)19(29)26(18(15)28)12-5-9-14(31-2)10-6-12;2-1(3)4/h3-10,15H,1-2H3,(H,23,27)(H4,21,22,25);(H2,2,3,4)/q;+1/b24-16-;. The smallest absolute Gasteiger partial charge is 0.472 e. The van der Waals surface area contributed by atoms with Crippen LogP contribution >= 0.6 is 0 Å². The Labute approximate surface area is 197 Å². The Balaban J connectivity index is 0.00000100. The Morgan fingerprint density at radius 2 is 1.49 bits per heavy atom. The highest BCUT2D eigenvalue weighted by Gasteiger charge is 2.50. The van der Waals surface area contributed by atoms with Gasteiger partial charge >= 0.3 is 5.09 Å². The van der Waals surface area contributed by atoms with Crippen molar-refractivity contribution < 1.29 is 39.4 Å². The molecule has 2 aromatic carbocycles. The largest absolute Gasteiger partial charge is 0.497 e. The van der Waals surface area contributed by atoms with E-state index in [4.69, 9.17) is 36.3 Å². The number of hydrogen-bond acceptors (Lipinski definition) is 8. The Hall–Kier alpha value is -5.21. The Kier molecular flexibility index (Phi) is 8.63. The van der Waals surface area contributed by atoms with Crippen molar-refractivity contribution in [2.45, 2.75) is 0 Å². The van der Waals surface area contributed by atoms with Crippen molar-refractivity contribution in [3.8, 4) is 11.5 Å². The van der Waals surface area contributed by atoms with Gasteiger partial charge in [0.15, 0.2) is 11.6 Å². The van der Waals surface area contributed by atoms with E-state index in [0.717, 1.165) is 4.90 Å². The van der Waals surface area contributed by atoms with Crippen molar-refractivity contribution in [2.24, 2.45) is 27.6 Å². The molecule has 184 valence electrons. The second-order valence-electron chi connectivity index (χ2n) is 6.59. The van der Waals surface area contributed by atoms with Crippen LogP contribution in [0.25, 0.3) is 0 Å². The molecule has 1 heterocycles. The summed E-state index contributed by atoms with van der Waals surface area (Å²) in [7, 11) is 3.00. The minimum Gasteiger partial charge on any atom is -0.497 e. The van der Waals surface area contributed by atoms with Gasteiger partial charge in [0, 0.05) is 5.69 Å². The average Bonchev–Trinajstić information content (AvgIpc) is 3.07. The summed E-state index contributed by atoms with van der Waals surface area (Å²) >= 11 is 0. The van der Waals surface area contributed by atoms with Crippen LogP contribution in [0.15, 0.2) is 58.7 Å². The highest BCUT2D eigenvalue weighted by atomic mass is 16.9. The fourth-order valence-electron chi connectivity index (χ4n) is 2.90. The van der Waals surface area contributed by atoms with Crippen LogP contribution in [0.3, 0.4) is 0 Å². The van der Waals surface area contributed by atoms with E-state index in [2.05, 4.69) is 15.5 Å². The number of benzene rings is 2. The molecule has 0 bridgehead atoms. The summed E-state index contributed by atoms with van der Waals surface area (Å²) in [6.07, 6.45) is 0. The van der Waals surface area contributed by atoms with Crippen LogP contribution < -0.4 is 31.2 Å². The third-order valence-electron chi connectivity index (χ3n) is 4.39. The van der Waals surface area contributed by atoms with E-state index in [1.54, 1.807) is 36.4 Å². The summed E-state index contributed by atoms with van der Waals surface area (Å²) in [5.41, 5.74) is 10.8. The summed E-state index contributed by atoms with van der Waals surface area (Å²) in [5, 5.41) is 22.2. The summed E-state index contributed by atoms with van der Waals surface area (Å²) in [6, 6.07) is 12.6. The van der Waals surface area contributed by atoms with Crippen molar-refractivity contribution >= 4 is 40.8 Å². The van der Waals surface area contributed by atoms with Crippen LogP contribution in [-0.4, -0.2) is 59.1 Å². The number of carbonyl (C=O) groups is 3. The molecule has 1 fully saturated rings. The molecule has 1 atom stereocenters. The number of nitrogens with zero attached hydrogens (tertiary/aromatic N) is 4. The zero-order valence-electron chi connectivity index (χ0n) is 18.5. The molecular weight excluding hydrogens is 466 g/mol. The first-order valence-corrected chi connectivity index (χ1v) is 9.57. The SMILES string of the molecule is COc1ccc(NC(=O)C2C(=O)N(c3ccc(OC)cc3)C(=O)/C2=N\N=C(N)N)cc1.O=[N+](O)O. The molecule has 0 spiro atoms. The number of carbonyl (C=O) groups excluding carboxylic acids is 3. The molecule has 1 aliphatic rings. The van der Waals surface area contributed by atoms with Gasteiger partial charge < -0.3 is 26.3 Å². The number of anilines is 2. The van der Waals surface area contributed by atoms with Gasteiger partial charge in [-0.05, 0) is 48.5 Å². The highest BCUT2D eigenvalue weighted by Crippen LogP contribution is 2.28. The minimum absolute atomic E-state index is 0.243. The maximum atomic E-state index is 13.1. The van der Waals surface area contributed by atoms with Crippen LogP contribution in [0.1, 0.15) is 0 Å². The minimum atomic E-state index is -1.54. The monoisotopic (exact) mass is 488 g/mol. The first-order valence-electron chi connectivity index (χ1n) is 9.57.